The molecule has 2 aliphatic rings. The third kappa shape index (κ3) is 2.45. The summed E-state index contributed by atoms with van der Waals surface area (Å²) < 4.78 is 0. The van der Waals surface area contributed by atoms with Crippen LogP contribution in [-0.2, 0) is 4.79 Å². The van der Waals surface area contributed by atoms with Crippen molar-refractivity contribution in [3.63, 3.8) is 0 Å². The molecular weight excluding hydrogens is 238 g/mol. The average Bonchev–Trinajstić information content (AvgIpc) is 2.97. The molecule has 0 radical (unpaired) electrons. The molecule has 2 fully saturated rings. The van der Waals surface area contributed by atoms with Gasteiger partial charge in [-0.15, -0.1) is 0 Å². The number of nitrogens with two attached hydrogens (primary N) is 1. The van der Waals surface area contributed by atoms with Gasteiger partial charge in [-0.2, -0.15) is 0 Å². The molecule has 0 aromatic heterocycles. The zero-order valence-electron chi connectivity index (χ0n) is 11.4. The molecule has 1 aliphatic heterocycles. The first-order valence-corrected chi connectivity index (χ1v) is 7.02. The maximum absolute atomic E-state index is 12.1. The Labute approximate surface area is 114 Å². The van der Waals surface area contributed by atoms with Gasteiger partial charge in [0.1, 0.15) is 0 Å². The van der Waals surface area contributed by atoms with E-state index in [-0.39, 0.29) is 5.91 Å². The van der Waals surface area contributed by atoms with Crippen LogP contribution >= 0.6 is 0 Å². The molecule has 2 bridgehead atoms. The second-order valence-corrected chi connectivity index (χ2v) is 5.83. The Balaban J connectivity index is 1.61. The van der Waals surface area contributed by atoms with E-state index in [2.05, 4.69) is 10.2 Å². The van der Waals surface area contributed by atoms with Gasteiger partial charge >= 0.3 is 0 Å². The number of anilines is 2. The molecule has 1 heterocycles. The van der Waals surface area contributed by atoms with Crippen LogP contribution in [0, 0.1) is 12.8 Å². The van der Waals surface area contributed by atoms with Crippen molar-refractivity contribution >= 4 is 17.3 Å². The fourth-order valence-electron chi connectivity index (χ4n) is 3.38. The minimum atomic E-state index is 0.0706. The topological polar surface area (TPSA) is 58.4 Å². The standard InChI is InChI=1S/C15H21N3O/c1-10-13(16)3-2-4-14(10)17-15(19)9-18-8-11-5-6-12(18)7-11/h2-4,11-12H,5-9,16H2,1H3,(H,17,19). The van der Waals surface area contributed by atoms with E-state index in [1.54, 1.807) is 0 Å². The van der Waals surface area contributed by atoms with Gasteiger partial charge in [-0.25, -0.2) is 0 Å². The van der Waals surface area contributed by atoms with Crippen LogP contribution in [-0.4, -0.2) is 29.9 Å². The Bertz CT molecular complexity index is 500. The molecule has 1 saturated heterocycles. The number of likely N-dealkylation sites (tertiary alicyclic amines) is 1. The minimum Gasteiger partial charge on any atom is -0.398 e. The molecule has 3 N–H and O–H groups in total. The number of fused-ring (bicyclic) bond motifs is 2. The van der Waals surface area contributed by atoms with E-state index in [1.165, 1.54) is 19.3 Å². The fourth-order valence-corrected chi connectivity index (χ4v) is 3.38. The molecule has 1 aliphatic carbocycles. The van der Waals surface area contributed by atoms with Gasteiger partial charge in [-0.3, -0.25) is 9.69 Å². The number of amides is 1. The summed E-state index contributed by atoms with van der Waals surface area (Å²) in [6.45, 7) is 3.53. The lowest BCUT2D eigenvalue weighted by molar-refractivity contribution is -0.117. The van der Waals surface area contributed by atoms with Gasteiger partial charge < -0.3 is 11.1 Å². The van der Waals surface area contributed by atoms with Crippen molar-refractivity contribution in [3.8, 4) is 0 Å². The number of carbonyl (C=O) groups is 1. The zero-order valence-corrected chi connectivity index (χ0v) is 11.4. The summed E-state index contributed by atoms with van der Waals surface area (Å²) in [7, 11) is 0. The predicted octanol–water partition coefficient (Wildman–Crippen LogP) is 2.00. The van der Waals surface area contributed by atoms with Gasteiger partial charge in [-0.05, 0) is 49.8 Å². The van der Waals surface area contributed by atoms with Crippen molar-refractivity contribution in [1.82, 2.24) is 4.90 Å². The number of nitrogen functional groups attached to an aromatic ring is 1. The van der Waals surface area contributed by atoms with Crippen molar-refractivity contribution in [3.05, 3.63) is 23.8 Å². The number of nitrogens with one attached hydrogen (secondary N) is 1. The van der Waals surface area contributed by atoms with Crippen LogP contribution in [0.5, 0.6) is 0 Å². The van der Waals surface area contributed by atoms with Crippen LogP contribution < -0.4 is 11.1 Å². The lowest BCUT2D eigenvalue weighted by atomic mass is 10.1. The van der Waals surface area contributed by atoms with Crippen LogP contribution in [0.1, 0.15) is 24.8 Å². The molecule has 1 aromatic carbocycles. The molecule has 1 aromatic rings. The van der Waals surface area contributed by atoms with Crippen LogP contribution in [0.2, 0.25) is 0 Å². The Morgan fingerprint density at radius 2 is 2.32 bits per heavy atom. The molecule has 3 rings (SSSR count). The lowest BCUT2D eigenvalue weighted by Crippen LogP contribution is -2.38. The highest BCUT2D eigenvalue weighted by atomic mass is 16.2. The smallest absolute Gasteiger partial charge is 0.238 e. The van der Waals surface area contributed by atoms with E-state index < -0.39 is 0 Å². The number of hydrogen-bond donors (Lipinski definition) is 2. The number of rotatable bonds is 3. The van der Waals surface area contributed by atoms with E-state index in [1.807, 2.05) is 25.1 Å². The van der Waals surface area contributed by atoms with Crippen molar-refractivity contribution in [1.29, 1.82) is 0 Å². The molecule has 19 heavy (non-hydrogen) atoms. The Hall–Kier alpha value is -1.55. The predicted molar refractivity (Wildman–Crippen MR) is 76.9 cm³/mol. The highest BCUT2D eigenvalue weighted by Crippen LogP contribution is 2.37. The molecule has 0 spiro atoms. The van der Waals surface area contributed by atoms with E-state index in [9.17, 15) is 4.79 Å². The van der Waals surface area contributed by atoms with Crippen molar-refractivity contribution in [2.75, 3.05) is 24.1 Å². The molecule has 2 atom stereocenters. The first-order valence-electron chi connectivity index (χ1n) is 7.02. The quantitative estimate of drug-likeness (QED) is 0.816. The van der Waals surface area contributed by atoms with E-state index >= 15 is 0 Å². The normalized spacial score (nSPS) is 25.7. The van der Waals surface area contributed by atoms with Crippen LogP contribution in [0.25, 0.3) is 0 Å². The largest absolute Gasteiger partial charge is 0.398 e. The fraction of sp³-hybridized carbons (Fsp3) is 0.533. The van der Waals surface area contributed by atoms with Crippen molar-refractivity contribution < 1.29 is 4.79 Å². The van der Waals surface area contributed by atoms with Crippen molar-refractivity contribution in [2.45, 2.75) is 32.2 Å². The van der Waals surface area contributed by atoms with Gasteiger partial charge in [0.05, 0.1) is 6.54 Å². The highest BCUT2D eigenvalue weighted by Gasteiger charge is 2.38. The van der Waals surface area contributed by atoms with Crippen LogP contribution in [0.4, 0.5) is 11.4 Å². The molecule has 4 nitrogen and oxygen atoms in total. The van der Waals surface area contributed by atoms with Gasteiger partial charge in [0.2, 0.25) is 5.91 Å². The highest BCUT2D eigenvalue weighted by molar-refractivity contribution is 5.93. The summed E-state index contributed by atoms with van der Waals surface area (Å²) in [4.78, 5) is 14.4. The second kappa shape index (κ2) is 4.85. The summed E-state index contributed by atoms with van der Waals surface area (Å²) in [6, 6.07) is 6.26. The van der Waals surface area contributed by atoms with Gasteiger partial charge in [-0.1, -0.05) is 6.07 Å². The molecule has 1 saturated carbocycles. The average molecular weight is 259 g/mol. The Morgan fingerprint density at radius 1 is 1.47 bits per heavy atom. The van der Waals surface area contributed by atoms with Gasteiger partial charge in [0.15, 0.2) is 0 Å². The van der Waals surface area contributed by atoms with E-state index in [0.29, 0.717) is 12.6 Å². The minimum absolute atomic E-state index is 0.0706. The molecule has 4 heteroatoms. The zero-order chi connectivity index (χ0) is 13.4. The summed E-state index contributed by atoms with van der Waals surface area (Å²) in [6.07, 6.45) is 3.89. The molecule has 2 unspecified atom stereocenters. The third-order valence-corrected chi connectivity index (χ3v) is 4.52. The number of benzene rings is 1. The molecule has 1 amide bonds. The molecule has 102 valence electrons. The van der Waals surface area contributed by atoms with E-state index in [0.717, 1.165) is 29.4 Å². The Morgan fingerprint density at radius 3 is 3.00 bits per heavy atom. The number of hydrogen-bond acceptors (Lipinski definition) is 3. The summed E-state index contributed by atoms with van der Waals surface area (Å²) in [5.74, 6) is 0.896. The molecular formula is C15H21N3O. The second-order valence-electron chi connectivity index (χ2n) is 5.83. The number of nitrogens with zero attached hydrogens (tertiary/aromatic N) is 1. The van der Waals surface area contributed by atoms with Crippen molar-refractivity contribution in [2.24, 2.45) is 5.92 Å². The van der Waals surface area contributed by atoms with Crippen LogP contribution in [0.3, 0.4) is 0 Å². The summed E-state index contributed by atoms with van der Waals surface area (Å²) >= 11 is 0. The van der Waals surface area contributed by atoms with Crippen LogP contribution in [0.15, 0.2) is 18.2 Å². The number of piperidine rings is 1. The summed E-state index contributed by atoms with van der Waals surface area (Å²) in [5.41, 5.74) is 8.34. The first kappa shape index (κ1) is 12.5. The van der Waals surface area contributed by atoms with Gasteiger partial charge in [0, 0.05) is 24.0 Å². The number of carbonyl (C=O) groups excluding carboxylic acids is 1. The van der Waals surface area contributed by atoms with Gasteiger partial charge in [0.25, 0.3) is 0 Å². The monoisotopic (exact) mass is 259 g/mol. The third-order valence-electron chi connectivity index (χ3n) is 4.52. The summed E-state index contributed by atoms with van der Waals surface area (Å²) in [5, 5.41) is 2.98. The SMILES string of the molecule is Cc1c(N)cccc1NC(=O)CN1CC2CCC1C2. The maximum Gasteiger partial charge on any atom is 0.238 e. The first-order chi connectivity index (χ1) is 9.13. The Kier molecular flexibility index (Phi) is 3.19. The maximum atomic E-state index is 12.1. The lowest BCUT2D eigenvalue weighted by Gasteiger charge is -2.26. The van der Waals surface area contributed by atoms with E-state index in [4.69, 9.17) is 5.73 Å².